The summed E-state index contributed by atoms with van der Waals surface area (Å²) < 4.78 is 0. The lowest BCUT2D eigenvalue weighted by Crippen LogP contribution is -2.18. The van der Waals surface area contributed by atoms with Crippen LogP contribution in [-0.2, 0) is 9.59 Å². The number of nitrogens with one attached hydrogen (secondary N) is 2. The number of nitrogens with zero attached hydrogens (tertiary/aromatic N) is 1. The first-order chi connectivity index (χ1) is 10.6. The number of halogens is 1. The van der Waals surface area contributed by atoms with Gasteiger partial charge in [-0.2, -0.15) is 0 Å². The lowest BCUT2D eigenvalue weighted by molar-refractivity contribution is -0.114. The maximum absolute atomic E-state index is 11.7. The Morgan fingerprint density at radius 3 is 2.32 bits per heavy atom. The minimum atomic E-state index is -0.192. The number of aromatic nitrogens is 1. The van der Waals surface area contributed by atoms with Gasteiger partial charge < -0.3 is 10.6 Å². The topological polar surface area (TPSA) is 71.1 Å². The lowest BCUT2D eigenvalue weighted by atomic mass is 10.3. The second kappa shape index (κ2) is 8.41. The average molecular weight is 336 g/mol. The van der Waals surface area contributed by atoms with Crippen molar-refractivity contribution in [2.45, 2.75) is 0 Å². The molecule has 114 valence electrons. The molecule has 2 amide bonds. The molecule has 1 aromatic carbocycles. The van der Waals surface area contributed by atoms with E-state index in [-0.39, 0.29) is 23.3 Å². The van der Waals surface area contributed by atoms with E-state index in [1.807, 2.05) is 0 Å². The molecule has 0 aliphatic carbocycles. The van der Waals surface area contributed by atoms with Gasteiger partial charge in [-0.1, -0.05) is 17.7 Å². The zero-order valence-corrected chi connectivity index (χ0v) is 13.2. The van der Waals surface area contributed by atoms with E-state index in [1.54, 1.807) is 48.7 Å². The van der Waals surface area contributed by atoms with E-state index in [0.29, 0.717) is 16.5 Å². The summed E-state index contributed by atoms with van der Waals surface area (Å²) in [6, 6.07) is 12.1. The molecule has 2 rings (SSSR count). The summed E-state index contributed by atoms with van der Waals surface area (Å²) in [5.74, 6) is 0.516. The molecule has 0 fully saturated rings. The molecule has 0 spiro atoms. The van der Waals surface area contributed by atoms with E-state index in [4.69, 9.17) is 11.6 Å². The first-order valence-corrected chi connectivity index (χ1v) is 8.01. The van der Waals surface area contributed by atoms with Crippen LogP contribution >= 0.6 is 23.4 Å². The molecule has 5 nitrogen and oxygen atoms in total. The van der Waals surface area contributed by atoms with E-state index >= 15 is 0 Å². The molecule has 0 bridgehead atoms. The van der Waals surface area contributed by atoms with Crippen molar-refractivity contribution < 1.29 is 9.59 Å². The van der Waals surface area contributed by atoms with Crippen molar-refractivity contribution in [3.05, 3.63) is 53.7 Å². The van der Waals surface area contributed by atoms with Gasteiger partial charge in [0, 0.05) is 16.9 Å². The van der Waals surface area contributed by atoms with Crippen molar-refractivity contribution in [2.75, 3.05) is 22.1 Å². The van der Waals surface area contributed by atoms with E-state index in [1.165, 1.54) is 11.8 Å². The predicted octanol–water partition coefficient (Wildman–Crippen LogP) is 3.05. The Morgan fingerprint density at radius 1 is 1.00 bits per heavy atom. The maximum Gasteiger partial charge on any atom is 0.235 e. The van der Waals surface area contributed by atoms with Gasteiger partial charge in [0.25, 0.3) is 0 Å². The minimum absolute atomic E-state index is 0.169. The SMILES string of the molecule is O=C(CSCC(=O)Nc1ccccn1)Nc1ccc(Cl)cc1. The van der Waals surface area contributed by atoms with Crippen LogP contribution < -0.4 is 10.6 Å². The number of pyridine rings is 1. The van der Waals surface area contributed by atoms with Crippen molar-refractivity contribution >= 4 is 46.7 Å². The molecule has 2 aromatic rings. The number of benzene rings is 1. The quantitative estimate of drug-likeness (QED) is 0.851. The van der Waals surface area contributed by atoms with Crippen LogP contribution in [0.25, 0.3) is 0 Å². The van der Waals surface area contributed by atoms with Crippen LogP contribution in [0.15, 0.2) is 48.7 Å². The lowest BCUT2D eigenvalue weighted by Gasteiger charge is -2.06. The third kappa shape index (κ3) is 5.75. The highest BCUT2D eigenvalue weighted by atomic mass is 35.5. The molecular weight excluding hydrogens is 322 g/mol. The van der Waals surface area contributed by atoms with E-state index < -0.39 is 0 Å². The van der Waals surface area contributed by atoms with Crippen LogP contribution in [0.1, 0.15) is 0 Å². The van der Waals surface area contributed by atoms with Crippen LogP contribution in [0.2, 0.25) is 5.02 Å². The molecule has 0 atom stereocenters. The normalized spacial score (nSPS) is 10.0. The molecule has 0 radical (unpaired) electrons. The standard InChI is InChI=1S/C15H14ClN3O2S/c16-11-4-6-12(7-5-11)18-14(20)9-22-10-15(21)19-13-3-1-2-8-17-13/h1-8H,9-10H2,(H,18,20)(H,17,19,21). The maximum atomic E-state index is 11.7. The Bertz CT molecular complexity index is 635. The van der Waals surface area contributed by atoms with Crippen LogP contribution in [-0.4, -0.2) is 28.3 Å². The Hall–Kier alpha value is -2.05. The summed E-state index contributed by atoms with van der Waals surface area (Å²) in [5, 5.41) is 5.99. The summed E-state index contributed by atoms with van der Waals surface area (Å²) in [5.41, 5.74) is 0.674. The number of carbonyl (C=O) groups excluding carboxylic acids is 2. The van der Waals surface area contributed by atoms with Gasteiger partial charge in [0.05, 0.1) is 11.5 Å². The van der Waals surface area contributed by atoms with E-state index in [2.05, 4.69) is 15.6 Å². The van der Waals surface area contributed by atoms with Crippen LogP contribution in [0.5, 0.6) is 0 Å². The molecular formula is C15H14ClN3O2S. The summed E-state index contributed by atoms with van der Waals surface area (Å²) in [4.78, 5) is 27.4. The summed E-state index contributed by atoms with van der Waals surface area (Å²) in [6.45, 7) is 0. The number of hydrogen-bond acceptors (Lipinski definition) is 4. The molecule has 7 heteroatoms. The second-order valence-corrected chi connectivity index (χ2v) is 5.73. The molecule has 0 saturated heterocycles. The van der Waals surface area contributed by atoms with Gasteiger partial charge >= 0.3 is 0 Å². The van der Waals surface area contributed by atoms with Gasteiger partial charge in [-0.25, -0.2) is 4.98 Å². The Morgan fingerprint density at radius 2 is 1.68 bits per heavy atom. The predicted molar refractivity (Wildman–Crippen MR) is 90.3 cm³/mol. The second-order valence-electron chi connectivity index (χ2n) is 4.31. The van der Waals surface area contributed by atoms with E-state index in [9.17, 15) is 9.59 Å². The number of rotatable bonds is 6. The van der Waals surface area contributed by atoms with Crippen molar-refractivity contribution in [1.29, 1.82) is 0 Å². The molecule has 1 heterocycles. The Kier molecular flexibility index (Phi) is 6.24. The molecule has 0 saturated carbocycles. The van der Waals surface area contributed by atoms with Gasteiger partial charge in [0.2, 0.25) is 11.8 Å². The molecule has 2 N–H and O–H groups in total. The Labute approximate surface area is 137 Å². The van der Waals surface area contributed by atoms with E-state index in [0.717, 1.165) is 0 Å². The monoisotopic (exact) mass is 335 g/mol. The summed E-state index contributed by atoms with van der Waals surface area (Å²) in [7, 11) is 0. The van der Waals surface area contributed by atoms with Crippen LogP contribution in [0.4, 0.5) is 11.5 Å². The van der Waals surface area contributed by atoms with Gasteiger partial charge in [-0.05, 0) is 36.4 Å². The first-order valence-electron chi connectivity index (χ1n) is 6.47. The summed E-state index contributed by atoms with van der Waals surface area (Å²) in [6.07, 6.45) is 1.60. The molecule has 22 heavy (non-hydrogen) atoms. The number of anilines is 2. The molecule has 0 aliphatic heterocycles. The highest BCUT2D eigenvalue weighted by Gasteiger charge is 2.07. The van der Waals surface area contributed by atoms with Crippen LogP contribution in [0.3, 0.4) is 0 Å². The zero-order valence-electron chi connectivity index (χ0n) is 11.6. The third-order valence-electron chi connectivity index (χ3n) is 2.53. The smallest absolute Gasteiger partial charge is 0.235 e. The molecule has 1 aromatic heterocycles. The number of amides is 2. The Balaban J connectivity index is 1.68. The van der Waals surface area contributed by atoms with Crippen LogP contribution in [0, 0.1) is 0 Å². The van der Waals surface area contributed by atoms with Gasteiger partial charge in [-0.15, -0.1) is 11.8 Å². The third-order valence-corrected chi connectivity index (χ3v) is 3.71. The highest BCUT2D eigenvalue weighted by molar-refractivity contribution is 8.00. The fourth-order valence-electron chi connectivity index (χ4n) is 1.58. The minimum Gasteiger partial charge on any atom is -0.325 e. The first kappa shape index (κ1) is 16.3. The van der Waals surface area contributed by atoms with Crippen molar-refractivity contribution in [3.63, 3.8) is 0 Å². The average Bonchev–Trinajstić information content (AvgIpc) is 2.50. The fourth-order valence-corrected chi connectivity index (χ4v) is 2.33. The molecule has 0 aliphatic rings. The number of carbonyl (C=O) groups is 2. The highest BCUT2D eigenvalue weighted by Crippen LogP contribution is 2.14. The largest absolute Gasteiger partial charge is 0.325 e. The van der Waals surface area contributed by atoms with Crippen molar-refractivity contribution in [3.8, 4) is 0 Å². The summed E-state index contributed by atoms with van der Waals surface area (Å²) >= 11 is 7.00. The van der Waals surface area contributed by atoms with Gasteiger partial charge in [0.1, 0.15) is 5.82 Å². The molecule has 0 unspecified atom stereocenters. The van der Waals surface area contributed by atoms with Crippen molar-refractivity contribution in [2.24, 2.45) is 0 Å². The number of thioether (sulfide) groups is 1. The number of hydrogen-bond donors (Lipinski definition) is 2. The zero-order chi connectivity index (χ0) is 15.8. The van der Waals surface area contributed by atoms with Crippen molar-refractivity contribution in [1.82, 2.24) is 4.98 Å². The van der Waals surface area contributed by atoms with Gasteiger partial charge in [0.15, 0.2) is 0 Å². The fraction of sp³-hybridized carbons (Fsp3) is 0.133. The van der Waals surface area contributed by atoms with Gasteiger partial charge in [-0.3, -0.25) is 9.59 Å².